The van der Waals surface area contributed by atoms with Gasteiger partial charge in [-0.15, -0.1) is 11.8 Å². The molecule has 2 aliphatic rings. The molecule has 3 rings (SSSR count). The summed E-state index contributed by atoms with van der Waals surface area (Å²) in [7, 11) is 0. The minimum atomic E-state index is 0.264. The molecular formula is C11H12ClNO2S. The van der Waals surface area contributed by atoms with Crippen LogP contribution in [0, 0.1) is 0 Å². The molecule has 0 spiro atoms. The van der Waals surface area contributed by atoms with Gasteiger partial charge in [0.15, 0.2) is 11.5 Å². The second kappa shape index (κ2) is 4.02. The van der Waals surface area contributed by atoms with Gasteiger partial charge in [-0.3, -0.25) is 5.32 Å². The van der Waals surface area contributed by atoms with Crippen molar-refractivity contribution < 1.29 is 9.47 Å². The van der Waals surface area contributed by atoms with Crippen molar-refractivity contribution in [2.75, 3.05) is 12.5 Å². The summed E-state index contributed by atoms with van der Waals surface area (Å²) < 4.78 is 10.6. The molecule has 0 bridgehead atoms. The van der Waals surface area contributed by atoms with E-state index in [0.29, 0.717) is 22.2 Å². The Hall–Kier alpha value is -0.580. The molecule has 1 saturated heterocycles. The lowest BCUT2D eigenvalue weighted by molar-refractivity contribution is 0.174. The molecule has 0 saturated carbocycles. The molecule has 0 radical (unpaired) electrons. The van der Waals surface area contributed by atoms with E-state index >= 15 is 0 Å². The molecule has 0 aliphatic carbocycles. The highest BCUT2D eigenvalue weighted by atomic mass is 35.5. The van der Waals surface area contributed by atoms with Gasteiger partial charge in [-0.25, -0.2) is 0 Å². The summed E-state index contributed by atoms with van der Waals surface area (Å²) in [6.07, 6.45) is 0. The lowest BCUT2D eigenvalue weighted by Gasteiger charge is -2.12. The molecule has 2 aliphatic heterocycles. The molecular weight excluding hydrogens is 246 g/mol. The Morgan fingerprint density at radius 1 is 1.44 bits per heavy atom. The van der Waals surface area contributed by atoms with Gasteiger partial charge in [0.1, 0.15) is 0 Å². The summed E-state index contributed by atoms with van der Waals surface area (Å²) in [5, 5.41) is 4.44. The Morgan fingerprint density at radius 2 is 2.31 bits per heavy atom. The van der Waals surface area contributed by atoms with Crippen LogP contribution < -0.4 is 14.8 Å². The first-order valence-corrected chi connectivity index (χ1v) is 6.63. The second-order valence-corrected chi connectivity index (χ2v) is 5.56. The Morgan fingerprint density at radius 3 is 3.06 bits per heavy atom. The smallest absolute Gasteiger partial charge is 0.231 e. The predicted octanol–water partition coefficient (Wildman–Crippen LogP) is 2.79. The van der Waals surface area contributed by atoms with E-state index in [9.17, 15) is 0 Å². The quantitative estimate of drug-likeness (QED) is 0.838. The SMILES string of the molecule is CC1CSC(c2cc(Cl)c3c(c2)OCO3)N1. The van der Waals surface area contributed by atoms with Gasteiger partial charge in [0.25, 0.3) is 0 Å². The lowest BCUT2D eigenvalue weighted by atomic mass is 10.2. The third kappa shape index (κ3) is 1.75. The molecule has 1 N–H and O–H groups in total. The summed E-state index contributed by atoms with van der Waals surface area (Å²) >= 11 is 8.04. The molecule has 2 unspecified atom stereocenters. The van der Waals surface area contributed by atoms with Crippen LogP contribution in [-0.4, -0.2) is 18.6 Å². The molecule has 2 heterocycles. The molecule has 86 valence electrons. The van der Waals surface area contributed by atoms with Gasteiger partial charge in [0, 0.05) is 11.8 Å². The first-order chi connectivity index (χ1) is 7.74. The Balaban J connectivity index is 1.94. The van der Waals surface area contributed by atoms with Crippen molar-refractivity contribution in [1.82, 2.24) is 5.32 Å². The summed E-state index contributed by atoms with van der Waals surface area (Å²) in [5.41, 5.74) is 1.16. The maximum absolute atomic E-state index is 6.15. The van der Waals surface area contributed by atoms with Crippen LogP contribution in [0.2, 0.25) is 5.02 Å². The van der Waals surface area contributed by atoms with E-state index in [1.165, 1.54) is 0 Å². The van der Waals surface area contributed by atoms with Gasteiger partial charge < -0.3 is 9.47 Å². The van der Waals surface area contributed by atoms with Crippen molar-refractivity contribution in [1.29, 1.82) is 0 Å². The third-order valence-corrected chi connectivity index (χ3v) is 4.42. The van der Waals surface area contributed by atoms with E-state index in [-0.39, 0.29) is 6.79 Å². The number of benzene rings is 1. The highest BCUT2D eigenvalue weighted by Crippen LogP contribution is 2.43. The molecule has 1 aromatic carbocycles. The number of thioether (sulfide) groups is 1. The topological polar surface area (TPSA) is 30.5 Å². The fourth-order valence-electron chi connectivity index (χ4n) is 1.93. The summed E-state index contributed by atoms with van der Waals surface area (Å²) in [6.45, 7) is 2.45. The highest BCUT2D eigenvalue weighted by molar-refractivity contribution is 7.99. The number of fused-ring (bicyclic) bond motifs is 1. The van der Waals surface area contributed by atoms with Crippen LogP contribution in [-0.2, 0) is 0 Å². The van der Waals surface area contributed by atoms with E-state index in [4.69, 9.17) is 21.1 Å². The van der Waals surface area contributed by atoms with Crippen LogP contribution in [0.3, 0.4) is 0 Å². The molecule has 0 aromatic heterocycles. The van der Waals surface area contributed by atoms with Gasteiger partial charge in [0.05, 0.1) is 10.4 Å². The minimum absolute atomic E-state index is 0.264. The van der Waals surface area contributed by atoms with E-state index in [0.717, 1.165) is 17.1 Å². The summed E-state index contributed by atoms with van der Waals surface area (Å²) in [5.74, 6) is 2.54. The zero-order chi connectivity index (χ0) is 11.1. The fourth-order valence-corrected chi connectivity index (χ4v) is 3.43. The van der Waals surface area contributed by atoms with E-state index in [1.807, 2.05) is 23.9 Å². The standard InChI is InChI=1S/C11H12ClNO2S/c1-6-4-16-11(13-6)7-2-8(12)10-9(3-7)14-5-15-10/h2-3,6,11,13H,4-5H2,1H3. The number of hydrogen-bond donors (Lipinski definition) is 1. The predicted molar refractivity (Wildman–Crippen MR) is 65.4 cm³/mol. The lowest BCUT2D eigenvalue weighted by Crippen LogP contribution is -2.21. The first kappa shape index (κ1) is 10.6. The highest BCUT2D eigenvalue weighted by Gasteiger charge is 2.26. The molecule has 3 nitrogen and oxygen atoms in total. The summed E-state index contributed by atoms with van der Waals surface area (Å²) in [6, 6.07) is 4.51. The van der Waals surface area contributed by atoms with Crippen LogP contribution in [0.4, 0.5) is 0 Å². The van der Waals surface area contributed by atoms with Crippen LogP contribution >= 0.6 is 23.4 Å². The van der Waals surface area contributed by atoms with Crippen molar-refractivity contribution in [2.45, 2.75) is 18.3 Å². The van der Waals surface area contributed by atoms with Crippen molar-refractivity contribution in [3.05, 3.63) is 22.7 Å². The monoisotopic (exact) mass is 257 g/mol. The zero-order valence-corrected chi connectivity index (χ0v) is 10.4. The van der Waals surface area contributed by atoms with E-state index < -0.39 is 0 Å². The minimum Gasteiger partial charge on any atom is -0.454 e. The summed E-state index contributed by atoms with van der Waals surface area (Å²) in [4.78, 5) is 0. The van der Waals surface area contributed by atoms with E-state index in [1.54, 1.807) is 0 Å². The van der Waals surface area contributed by atoms with Crippen molar-refractivity contribution >= 4 is 23.4 Å². The zero-order valence-electron chi connectivity index (χ0n) is 8.83. The van der Waals surface area contributed by atoms with Crippen molar-refractivity contribution in [3.63, 3.8) is 0 Å². The average Bonchev–Trinajstić information content (AvgIpc) is 2.85. The number of rotatable bonds is 1. The van der Waals surface area contributed by atoms with Gasteiger partial charge in [-0.1, -0.05) is 11.6 Å². The molecule has 0 amide bonds. The average molecular weight is 258 g/mol. The van der Waals surface area contributed by atoms with Gasteiger partial charge in [-0.2, -0.15) is 0 Å². The maximum atomic E-state index is 6.15. The van der Waals surface area contributed by atoms with Crippen LogP contribution in [0.25, 0.3) is 0 Å². The maximum Gasteiger partial charge on any atom is 0.231 e. The fraction of sp³-hybridized carbons (Fsp3) is 0.455. The largest absolute Gasteiger partial charge is 0.454 e. The normalized spacial score (nSPS) is 27.4. The Labute approximate surface area is 103 Å². The van der Waals surface area contributed by atoms with Crippen LogP contribution in [0.15, 0.2) is 12.1 Å². The Bertz CT molecular complexity index is 427. The molecule has 2 atom stereocenters. The second-order valence-electron chi connectivity index (χ2n) is 4.02. The van der Waals surface area contributed by atoms with Gasteiger partial charge in [0.2, 0.25) is 6.79 Å². The molecule has 5 heteroatoms. The Kier molecular flexibility index (Phi) is 2.65. The van der Waals surface area contributed by atoms with Crippen LogP contribution in [0.1, 0.15) is 17.9 Å². The van der Waals surface area contributed by atoms with Crippen molar-refractivity contribution in [2.24, 2.45) is 0 Å². The number of ether oxygens (including phenoxy) is 2. The molecule has 1 aromatic rings. The van der Waals surface area contributed by atoms with Gasteiger partial charge >= 0.3 is 0 Å². The van der Waals surface area contributed by atoms with E-state index in [2.05, 4.69) is 12.2 Å². The first-order valence-electron chi connectivity index (χ1n) is 5.21. The third-order valence-electron chi connectivity index (χ3n) is 2.70. The molecule has 1 fully saturated rings. The number of nitrogens with one attached hydrogen (secondary N) is 1. The number of hydrogen-bond acceptors (Lipinski definition) is 4. The van der Waals surface area contributed by atoms with Gasteiger partial charge in [-0.05, 0) is 24.6 Å². The molecule has 16 heavy (non-hydrogen) atoms. The number of halogens is 1. The van der Waals surface area contributed by atoms with Crippen LogP contribution in [0.5, 0.6) is 11.5 Å². The van der Waals surface area contributed by atoms with Crippen molar-refractivity contribution in [3.8, 4) is 11.5 Å².